The number of hydrogen-bond donors (Lipinski definition) is 0. The van der Waals surface area contributed by atoms with Crippen LogP contribution in [0.2, 0.25) is 9.03 Å². The van der Waals surface area contributed by atoms with Gasteiger partial charge in [0, 0.05) is 0 Å². The Bertz CT molecular complexity index is 625. The second kappa shape index (κ2) is 13.6. The summed E-state index contributed by atoms with van der Waals surface area (Å²) in [7, 11) is 0. The monoisotopic (exact) mass is 580 g/mol. The molecule has 0 aromatic heterocycles. The van der Waals surface area contributed by atoms with Crippen molar-refractivity contribution in [3.05, 3.63) is 71.8 Å². The second-order valence-electron chi connectivity index (χ2n) is 6.98. The summed E-state index contributed by atoms with van der Waals surface area (Å²) in [4.78, 5) is 0. The Balaban J connectivity index is 1.94. The van der Waals surface area contributed by atoms with Gasteiger partial charge < -0.3 is 0 Å². The molecule has 0 amide bonds. The molecule has 0 N–H and O–H groups in total. The van der Waals surface area contributed by atoms with Crippen LogP contribution in [0, 0.1) is 0 Å². The van der Waals surface area contributed by atoms with Crippen LogP contribution in [0.5, 0.6) is 0 Å². The number of aryl methyl sites for hydroxylation is 2. The van der Waals surface area contributed by atoms with Gasteiger partial charge in [0.15, 0.2) is 0 Å². The first kappa shape index (κ1) is 23.7. The molecule has 0 radical (unpaired) electrons. The molecule has 27 heavy (non-hydrogen) atoms. The summed E-state index contributed by atoms with van der Waals surface area (Å²) < 4.78 is 0.0161. The predicted octanol–water partition coefficient (Wildman–Crippen LogP) is 6.27. The fourth-order valence-corrected chi connectivity index (χ4v) is 31.1. The Morgan fingerprint density at radius 1 is 0.852 bits per heavy atom. The Labute approximate surface area is 186 Å². The molecule has 0 saturated heterocycles. The molecule has 1 atom stereocenters. The molecule has 0 bridgehead atoms. The van der Waals surface area contributed by atoms with E-state index in [9.17, 15) is 0 Å². The van der Waals surface area contributed by atoms with Crippen molar-refractivity contribution in [1.82, 2.24) is 0 Å². The maximum atomic E-state index is 3.81. The van der Waals surface area contributed by atoms with Gasteiger partial charge in [-0.2, -0.15) is 0 Å². The van der Waals surface area contributed by atoms with E-state index in [1.54, 1.807) is 0 Å². The third kappa shape index (κ3) is 10.1. The zero-order valence-corrected chi connectivity index (χ0v) is 22.7. The van der Waals surface area contributed by atoms with Crippen molar-refractivity contribution in [3.63, 3.8) is 0 Å². The van der Waals surface area contributed by atoms with E-state index in [-0.39, 0.29) is 0 Å². The molecule has 0 nitrogen and oxygen atoms in total. The number of rotatable bonds is 13. The summed E-state index contributed by atoms with van der Waals surface area (Å²) in [5.74, 6) is 0. The Kier molecular flexibility index (Phi) is 12.0. The van der Waals surface area contributed by atoms with Gasteiger partial charge in [0.2, 0.25) is 0 Å². The molecule has 2 aromatic carbocycles. The molecule has 0 heterocycles. The number of benzene rings is 2. The molecule has 0 aliphatic rings. The number of hydrogen-bond acceptors (Lipinski definition) is 0. The second-order valence-corrected chi connectivity index (χ2v) is 29.4. The van der Waals surface area contributed by atoms with Crippen LogP contribution in [-0.2, 0) is 12.8 Å². The molecule has 2 rings (SSSR count). The van der Waals surface area contributed by atoms with Crippen LogP contribution < -0.4 is 0 Å². The topological polar surface area (TPSA) is 0 Å². The van der Waals surface area contributed by atoms with Gasteiger partial charge in [-0.15, -0.1) is 0 Å². The van der Waals surface area contributed by atoms with Crippen LogP contribution in [0.15, 0.2) is 60.7 Å². The van der Waals surface area contributed by atoms with Gasteiger partial charge in [0.05, 0.1) is 0 Å². The third-order valence-corrected chi connectivity index (χ3v) is 25.2. The first-order chi connectivity index (χ1) is 13.1. The van der Waals surface area contributed by atoms with Crippen LogP contribution in [0.25, 0.3) is 0 Å². The van der Waals surface area contributed by atoms with Crippen LogP contribution in [0.1, 0.15) is 44.2 Å². The maximum absolute atomic E-state index is 3.81. The fourth-order valence-electron chi connectivity index (χ4n) is 3.01. The van der Waals surface area contributed by atoms with Crippen molar-refractivity contribution in [3.8, 4) is 0 Å². The Morgan fingerprint density at radius 3 is 1.85 bits per heavy atom. The molecule has 0 saturated carbocycles. The average molecular weight is 577 g/mol. The molecule has 0 fully saturated rings. The van der Waals surface area contributed by atoms with Crippen molar-refractivity contribution in [2.24, 2.45) is 0 Å². The molecule has 148 valence electrons. The number of unbranched alkanes of at least 4 members (excludes halogenated alkanes) is 2. The van der Waals surface area contributed by atoms with Gasteiger partial charge in [0.1, 0.15) is 0 Å². The molecule has 4 heteroatoms. The molecule has 0 spiro atoms. The van der Waals surface area contributed by atoms with Gasteiger partial charge in [-0.1, -0.05) is 0 Å². The van der Waals surface area contributed by atoms with Crippen LogP contribution in [0.3, 0.4) is 0 Å². The Morgan fingerprint density at radius 2 is 1.37 bits per heavy atom. The molecular formula is C23H33PSe3. The SMILES string of the molecule is CCCCC[Se]C(C)[Se]P(=[Se])(CCc1ccccc1)CCc1ccccc1. The van der Waals surface area contributed by atoms with Crippen molar-refractivity contribution < 1.29 is 0 Å². The van der Waals surface area contributed by atoms with Crippen molar-refractivity contribution in [1.29, 1.82) is 0 Å². The van der Waals surface area contributed by atoms with E-state index in [1.807, 2.05) is 0 Å². The first-order valence-corrected chi connectivity index (χ1v) is 19.9. The van der Waals surface area contributed by atoms with E-state index in [0.29, 0.717) is 0 Å². The van der Waals surface area contributed by atoms with Crippen molar-refractivity contribution >= 4 is 48.8 Å². The van der Waals surface area contributed by atoms with E-state index < -0.39 is 4.20 Å². The molecular weight excluding hydrogens is 544 g/mol. The molecule has 2 aromatic rings. The van der Waals surface area contributed by atoms with Gasteiger partial charge in [-0.05, 0) is 0 Å². The van der Waals surface area contributed by atoms with E-state index in [4.69, 9.17) is 0 Å². The van der Waals surface area contributed by atoms with E-state index in [1.165, 1.54) is 60.9 Å². The zero-order chi connectivity index (χ0) is 19.4. The standard InChI is InChI=1S/C23H33PSe3/c1-3-4-11-20-26-21(2)27-24(25,18-16-22-12-7-5-8-13-22)19-17-23-14-9-6-10-15-23/h5-10,12-15,21H,3-4,11,16-20H2,1-2H3. The molecule has 1 unspecified atom stereocenters. The Hall–Kier alpha value is 0.428. The minimum atomic E-state index is -0.959. The van der Waals surface area contributed by atoms with Gasteiger partial charge in [-0.25, -0.2) is 0 Å². The zero-order valence-electron chi connectivity index (χ0n) is 16.7. The average Bonchev–Trinajstić information content (AvgIpc) is 2.70. The summed E-state index contributed by atoms with van der Waals surface area (Å²) in [6.07, 6.45) is 9.48. The van der Waals surface area contributed by atoms with Crippen molar-refractivity contribution in [2.75, 3.05) is 12.3 Å². The van der Waals surface area contributed by atoms with Crippen molar-refractivity contribution in [2.45, 2.75) is 55.0 Å². The summed E-state index contributed by atoms with van der Waals surface area (Å²) in [5.41, 5.74) is 3.02. The normalized spacial score (nSPS) is 12.8. The summed E-state index contributed by atoms with van der Waals surface area (Å²) in [6.45, 7) is 4.86. The summed E-state index contributed by atoms with van der Waals surface area (Å²) in [6, 6.07) is 22.2. The van der Waals surface area contributed by atoms with Crippen LogP contribution in [0.4, 0.5) is 0 Å². The van der Waals surface area contributed by atoms with Crippen LogP contribution >= 0.6 is 4.20 Å². The predicted molar refractivity (Wildman–Crippen MR) is 128 cm³/mol. The van der Waals surface area contributed by atoms with Crippen LogP contribution in [-0.4, -0.2) is 56.9 Å². The minimum absolute atomic E-state index is 0.781. The molecule has 0 aliphatic heterocycles. The van der Waals surface area contributed by atoms with Gasteiger partial charge in [0.25, 0.3) is 0 Å². The third-order valence-electron chi connectivity index (χ3n) is 4.61. The summed E-state index contributed by atoms with van der Waals surface area (Å²) >= 11 is 5.43. The quantitative estimate of drug-likeness (QED) is 0.150. The van der Waals surface area contributed by atoms with E-state index in [2.05, 4.69) is 89.6 Å². The van der Waals surface area contributed by atoms with Gasteiger partial charge >= 0.3 is 188 Å². The van der Waals surface area contributed by atoms with E-state index >= 15 is 0 Å². The van der Waals surface area contributed by atoms with Gasteiger partial charge in [-0.3, -0.25) is 0 Å². The molecule has 0 aliphatic carbocycles. The van der Waals surface area contributed by atoms with E-state index in [0.717, 1.165) is 33.2 Å². The summed E-state index contributed by atoms with van der Waals surface area (Å²) in [5, 5.41) is 1.49. The fraction of sp³-hybridized carbons (Fsp3) is 0.478. The first-order valence-electron chi connectivity index (χ1n) is 10.1.